The number of halogens is 7. The predicted octanol–water partition coefficient (Wildman–Crippen LogP) is 13.1. The van der Waals surface area contributed by atoms with Crippen molar-refractivity contribution in [1.82, 2.24) is 14.1 Å². The van der Waals surface area contributed by atoms with Crippen molar-refractivity contribution in [3.63, 3.8) is 0 Å². The number of rotatable bonds is 7. The van der Waals surface area contributed by atoms with Crippen molar-refractivity contribution in [1.29, 1.82) is 0 Å². The zero-order chi connectivity index (χ0) is 51.4. The molecule has 376 valence electrons. The van der Waals surface area contributed by atoms with Crippen molar-refractivity contribution < 1.29 is 70.2 Å². The summed E-state index contributed by atoms with van der Waals surface area (Å²) < 4.78 is 80.9. The summed E-state index contributed by atoms with van der Waals surface area (Å²) in [4.78, 5) is 36.3. The van der Waals surface area contributed by atoms with Gasteiger partial charge in [-0.15, -0.1) is 0 Å². The van der Waals surface area contributed by atoms with Crippen LogP contribution < -0.4 is 18.9 Å². The number of aromatic carboxylic acids is 1. The number of Topliss-reactive ketones (excluding diaryl/α,β-unsaturated/α-hetero) is 2. The molecule has 1 fully saturated rings. The van der Waals surface area contributed by atoms with E-state index in [1.54, 1.807) is 58.8 Å². The fourth-order valence-electron chi connectivity index (χ4n) is 8.46. The van der Waals surface area contributed by atoms with Gasteiger partial charge in [-0.25, -0.2) is 31.1 Å². The molecule has 1 aliphatic carbocycles. The van der Waals surface area contributed by atoms with Crippen molar-refractivity contribution in [3.8, 4) is 11.4 Å². The van der Waals surface area contributed by atoms with Crippen molar-refractivity contribution >= 4 is 72.8 Å². The third-order valence-corrected chi connectivity index (χ3v) is 13.0. The molecule has 0 aliphatic heterocycles. The van der Waals surface area contributed by atoms with E-state index in [9.17, 15) is 40.7 Å². The normalized spacial score (nSPS) is 13.6. The average molecular weight is 1110 g/mol. The zero-order valence-corrected chi connectivity index (χ0v) is 43.1. The summed E-state index contributed by atoms with van der Waals surface area (Å²) in [5.41, 5.74) is 5.21. The maximum Gasteiger partial charge on any atom is 1.00 e. The Kier molecular flexibility index (Phi) is 22.4. The third kappa shape index (κ3) is 15.6. The van der Waals surface area contributed by atoms with Crippen LogP contribution in [0.3, 0.4) is 0 Å². The second-order valence-electron chi connectivity index (χ2n) is 17.0. The maximum atomic E-state index is 13.3. The number of nitrogens with one attached hydrogen (secondary N) is 1. The van der Waals surface area contributed by atoms with E-state index in [1.165, 1.54) is 75.8 Å². The Labute approximate surface area is 445 Å². The molecule has 3 N–H and O–H groups in total. The number of hydrogen-bond acceptors (Lipinski definition) is 4. The fourth-order valence-corrected chi connectivity index (χ4v) is 8.91. The van der Waals surface area contributed by atoms with E-state index in [0.29, 0.717) is 20.5 Å². The molecule has 0 amide bonds. The number of benzene rings is 6. The minimum Gasteiger partial charge on any atom is -0.870 e. The van der Waals surface area contributed by atoms with Crippen LogP contribution in [0.5, 0.6) is 0 Å². The molecule has 0 bridgehead atoms. The Morgan fingerprint density at radius 2 is 0.973 bits per heavy atom. The Balaban J connectivity index is 0.000000204. The molecule has 0 spiro atoms. The molecule has 1 saturated carbocycles. The number of carboxylic acids is 1. The van der Waals surface area contributed by atoms with Crippen molar-refractivity contribution in [2.75, 3.05) is 0 Å². The van der Waals surface area contributed by atoms with Gasteiger partial charge in [0.25, 0.3) is 0 Å². The van der Waals surface area contributed by atoms with Gasteiger partial charge in [-0.05, 0) is 164 Å². The Hall–Kier alpha value is -6.38. The van der Waals surface area contributed by atoms with Crippen LogP contribution in [-0.2, 0) is 0 Å². The van der Waals surface area contributed by atoms with Gasteiger partial charge in [-0.1, -0.05) is 52.4 Å². The smallest absolute Gasteiger partial charge is 0.870 e. The van der Waals surface area contributed by atoms with Crippen LogP contribution in [0.25, 0.3) is 44.1 Å². The van der Waals surface area contributed by atoms with Gasteiger partial charge < -0.3 is 24.7 Å². The van der Waals surface area contributed by atoms with Crippen LogP contribution >= 0.6 is 22.6 Å². The van der Waals surface area contributed by atoms with E-state index in [2.05, 4.69) is 18.8 Å². The Morgan fingerprint density at radius 1 is 0.548 bits per heavy atom. The summed E-state index contributed by atoms with van der Waals surface area (Å²) in [7, 11) is 0. The number of aromatic nitrogens is 3. The summed E-state index contributed by atoms with van der Waals surface area (Å²) >= 11 is 1.92. The molecular weight excluding hydrogens is 1050 g/mol. The third-order valence-electron chi connectivity index (χ3n) is 12.4. The standard InChI is InChI=1S/C16H11F2NO.C15H9F2NO2.C10H9NO.C10H20.C6H3F2I.Li.H2O/c1-10(20)11-2-5-16-12(8-11)6-7-19(16)13-3-4-14(17)15(18)9-13;16-12-3-2-11(8-13(12)17)18-6-5-9-7-10(15(19)20)1-4-14(9)18;1-7(12)8-2-3-10-9(6-8)4-5-11-10;1-3-9-7-5-6-8-10(9)4-2;7-5-2-1-4(9)3-6(5)8;;/h2-9H,1H3;1-8H,(H,19,20);2-6,11H,1H3;9-10H,3-8H2,1-2H3;1-3H;;1H2/q;;;;;+1;/p-1/t;;;9-,10+;;;. The quantitative estimate of drug-likeness (QED) is 0.0540. The van der Waals surface area contributed by atoms with Gasteiger partial charge in [0.2, 0.25) is 0 Å². The van der Waals surface area contributed by atoms with E-state index in [0.717, 1.165) is 86.5 Å². The predicted molar refractivity (Wildman–Crippen MR) is 279 cm³/mol. The van der Waals surface area contributed by atoms with E-state index in [1.807, 2.05) is 59.1 Å². The molecule has 1 aliphatic rings. The molecule has 0 unspecified atom stereocenters. The van der Waals surface area contributed by atoms with Crippen LogP contribution in [0.2, 0.25) is 0 Å². The molecule has 16 heteroatoms. The molecule has 2 atom stereocenters. The summed E-state index contributed by atoms with van der Waals surface area (Å²) in [6, 6.07) is 32.3. The largest absolute Gasteiger partial charge is 1.00 e. The number of hydrogen-bond donors (Lipinski definition) is 2. The van der Waals surface area contributed by atoms with Crippen molar-refractivity contribution in [2.45, 2.75) is 66.2 Å². The van der Waals surface area contributed by atoms with E-state index in [-0.39, 0.29) is 41.5 Å². The number of ketones is 2. The maximum absolute atomic E-state index is 13.3. The average Bonchev–Trinajstić information content (AvgIpc) is 4.14. The second-order valence-corrected chi connectivity index (χ2v) is 18.2. The number of H-pyrrole nitrogens is 1. The minimum absolute atomic E-state index is 0. The summed E-state index contributed by atoms with van der Waals surface area (Å²) in [5, 5.41) is 11.6. The van der Waals surface area contributed by atoms with Gasteiger partial charge in [-0.2, -0.15) is 0 Å². The molecular formula is C57H53F6ILiN3O5. The van der Waals surface area contributed by atoms with Crippen LogP contribution in [0.1, 0.15) is 97.3 Å². The minimum atomic E-state index is -1.01. The topological polar surface area (TPSA) is 127 Å². The number of fused-ring (bicyclic) bond motifs is 3. The van der Waals surface area contributed by atoms with E-state index >= 15 is 0 Å². The zero-order valence-electron chi connectivity index (χ0n) is 40.9. The van der Waals surface area contributed by atoms with Crippen LogP contribution in [0, 0.1) is 50.3 Å². The first-order valence-electron chi connectivity index (χ1n) is 23.0. The molecule has 0 saturated heterocycles. The number of carbonyl (C=O) groups is 3. The van der Waals surface area contributed by atoms with Crippen LogP contribution in [0.4, 0.5) is 26.3 Å². The number of carboxylic acid groups (broad SMARTS) is 1. The Bertz CT molecular complexity index is 3170. The molecule has 3 aromatic heterocycles. The summed E-state index contributed by atoms with van der Waals surface area (Å²) in [5.74, 6) is -3.94. The number of carbonyl (C=O) groups excluding carboxylic acids is 2. The van der Waals surface area contributed by atoms with E-state index < -0.39 is 40.9 Å². The van der Waals surface area contributed by atoms with Gasteiger partial charge in [0.1, 0.15) is 0 Å². The van der Waals surface area contributed by atoms with Gasteiger partial charge in [0, 0.05) is 78.5 Å². The van der Waals surface area contributed by atoms with Crippen molar-refractivity contribution in [2.24, 2.45) is 11.8 Å². The monoisotopic (exact) mass is 1110 g/mol. The second kappa shape index (κ2) is 27.6. The fraction of sp³-hybridized carbons (Fsp3) is 0.211. The van der Waals surface area contributed by atoms with Gasteiger partial charge in [-0.3, -0.25) is 9.59 Å². The first-order chi connectivity index (χ1) is 34.0. The molecule has 73 heavy (non-hydrogen) atoms. The molecule has 10 rings (SSSR count). The van der Waals surface area contributed by atoms with Crippen LogP contribution in [-0.4, -0.2) is 42.2 Å². The molecule has 0 radical (unpaired) electrons. The van der Waals surface area contributed by atoms with Gasteiger partial charge in [0.05, 0.1) is 16.6 Å². The first kappa shape index (κ1) is 59.2. The molecule has 6 aromatic carbocycles. The first-order valence-corrected chi connectivity index (χ1v) is 24.1. The van der Waals surface area contributed by atoms with Crippen LogP contribution in [0.15, 0.2) is 146 Å². The van der Waals surface area contributed by atoms with Crippen molar-refractivity contribution in [3.05, 3.63) is 201 Å². The molecule has 8 nitrogen and oxygen atoms in total. The number of nitrogens with zero attached hydrogens (tertiary/aromatic N) is 2. The Morgan fingerprint density at radius 3 is 1.40 bits per heavy atom. The summed E-state index contributed by atoms with van der Waals surface area (Å²) in [6.45, 7) is 7.78. The molecule has 9 aromatic rings. The van der Waals surface area contributed by atoms with Gasteiger partial charge in [0.15, 0.2) is 46.5 Å². The number of aromatic amines is 1. The molecule has 3 heterocycles. The van der Waals surface area contributed by atoms with Gasteiger partial charge >= 0.3 is 24.8 Å². The SMILES string of the molecule is CC(=O)c1ccc2[nH]ccc2c1.CC(=O)c1ccc2c(ccn2-c2ccc(F)c(F)c2)c1.CC[C@@H]1CCCC[C@@H]1CC.Fc1ccc(I)cc1F.O=C(O)c1ccc2c(ccn2-c2ccc(F)c(F)c2)c1.[Li+].[OH-]. The summed E-state index contributed by atoms with van der Waals surface area (Å²) in [6.07, 6.45) is 14.2. The van der Waals surface area contributed by atoms with E-state index in [4.69, 9.17) is 5.11 Å².